The second kappa shape index (κ2) is 4.90. The van der Waals surface area contributed by atoms with E-state index in [-0.39, 0.29) is 29.9 Å². The number of aliphatic hydroxyl groups is 1. The molecule has 2 nitrogen and oxygen atoms in total. The van der Waals surface area contributed by atoms with Crippen LogP contribution in [0.25, 0.3) is 0 Å². The topological polar surface area (TPSA) is 40.5 Å². The van der Waals surface area contributed by atoms with Gasteiger partial charge in [-0.05, 0) is 79.5 Å². The molecule has 0 saturated heterocycles. The van der Waals surface area contributed by atoms with Crippen LogP contribution in [0.15, 0.2) is 18.2 Å². The van der Waals surface area contributed by atoms with Crippen molar-refractivity contribution in [3.05, 3.63) is 29.3 Å². The molecule has 3 aliphatic rings. The number of phenols is 1. The molecular weight excluding hydrogens is 317 g/mol. The summed E-state index contributed by atoms with van der Waals surface area (Å²) in [6.07, 6.45) is -1.59. The first-order valence-electron chi connectivity index (χ1n) is 8.78. The Hall–Kier alpha value is -1.23. The van der Waals surface area contributed by atoms with Gasteiger partial charge in [-0.1, -0.05) is 13.0 Å². The van der Waals surface area contributed by atoms with Gasteiger partial charge in [-0.15, -0.1) is 0 Å². The zero-order valence-electron chi connectivity index (χ0n) is 13.7. The predicted molar refractivity (Wildman–Crippen MR) is 83.7 cm³/mol. The number of fused-ring (bicyclic) bond motifs is 5. The lowest BCUT2D eigenvalue weighted by atomic mass is 9.53. The third-order valence-electron chi connectivity index (χ3n) is 7.33. The SMILES string of the molecule is C[C@]12CCC3c4ccc(O)cc4CCC3C1CC[C@@]2(O)C(F)(F)F. The second-order valence-electron chi connectivity index (χ2n) is 8.15. The molecule has 0 radical (unpaired) electrons. The van der Waals surface area contributed by atoms with Crippen molar-refractivity contribution in [2.24, 2.45) is 17.3 Å². The molecule has 5 atom stereocenters. The van der Waals surface area contributed by atoms with E-state index in [0.29, 0.717) is 19.3 Å². The molecule has 0 heterocycles. The minimum absolute atomic E-state index is 0.0928. The van der Waals surface area contributed by atoms with Crippen molar-refractivity contribution in [3.63, 3.8) is 0 Å². The standard InChI is InChI=1S/C19H23F3O2/c1-17-8-6-14-13-5-3-12(23)10-11(13)2-4-15(14)16(17)7-9-18(17,24)19(20,21)22/h3,5,10,14-16,23-24H,2,4,6-9H2,1H3/t14?,15?,16?,17-,18-/m0/s1. The first-order chi connectivity index (χ1) is 11.2. The Labute approximate surface area is 139 Å². The van der Waals surface area contributed by atoms with Gasteiger partial charge in [0.1, 0.15) is 5.75 Å². The zero-order chi connectivity index (χ0) is 17.3. The number of halogens is 3. The molecule has 3 aliphatic carbocycles. The molecule has 0 spiro atoms. The van der Waals surface area contributed by atoms with Crippen LogP contribution in [0.4, 0.5) is 13.2 Å². The minimum atomic E-state index is -4.57. The van der Waals surface area contributed by atoms with Gasteiger partial charge in [-0.2, -0.15) is 13.2 Å². The van der Waals surface area contributed by atoms with Crippen LogP contribution in [0.1, 0.15) is 56.1 Å². The Morgan fingerprint density at radius 2 is 1.88 bits per heavy atom. The van der Waals surface area contributed by atoms with Crippen LogP contribution in [-0.4, -0.2) is 22.0 Å². The Balaban J connectivity index is 1.71. The molecule has 0 amide bonds. The summed E-state index contributed by atoms with van der Waals surface area (Å²) in [5.74, 6) is 0.602. The fourth-order valence-corrected chi connectivity index (χ4v) is 6.05. The van der Waals surface area contributed by atoms with Crippen LogP contribution < -0.4 is 0 Å². The van der Waals surface area contributed by atoms with E-state index in [1.807, 2.05) is 6.07 Å². The van der Waals surface area contributed by atoms with E-state index in [4.69, 9.17) is 0 Å². The quantitative estimate of drug-likeness (QED) is 0.728. The molecule has 2 N–H and O–H groups in total. The molecule has 132 valence electrons. The monoisotopic (exact) mass is 340 g/mol. The van der Waals surface area contributed by atoms with E-state index in [1.54, 1.807) is 19.1 Å². The summed E-state index contributed by atoms with van der Waals surface area (Å²) in [6, 6.07) is 5.41. The highest BCUT2D eigenvalue weighted by Gasteiger charge is 2.71. The maximum absolute atomic E-state index is 13.6. The molecule has 2 fully saturated rings. The van der Waals surface area contributed by atoms with E-state index < -0.39 is 17.2 Å². The van der Waals surface area contributed by atoms with E-state index in [0.717, 1.165) is 18.4 Å². The van der Waals surface area contributed by atoms with Gasteiger partial charge in [0.25, 0.3) is 0 Å². The maximum atomic E-state index is 13.6. The van der Waals surface area contributed by atoms with Crippen LogP contribution in [-0.2, 0) is 6.42 Å². The molecule has 0 aliphatic heterocycles. The van der Waals surface area contributed by atoms with Crippen molar-refractivity contribution < 1.29 is 23.4 Å². The lowest BCUT2D eigenvalue weighted by Crippen LogP contribution is -2.58. The van der Waals surface area contributed by atoms with Gasteiger partial charge in [0, 0.05) is 5.41 Å². The van der Waals surface area contributed by atoms with Gasteiger partial charge in [0.2, 0.25) is 0 Å². The summed E-state index contributed by atoms with van der Waals surface area (Å²) in [5.41, 5.74) is -1.32. The van der Waals surface area contributed by atoms with Crippen molar-refractivity contribution in [3.8, 4) is 5.75 Å². The summed E-state index contributed by atoms with van der Waals surface area (Å²) in [6.45, 7) is 1.65. The number of benzene rings is 1. The van der Waals surface area contributed by atoms with Crippen molar-refractivity contribution in [1.29, 1.82) is 0 Å². The second-order valence-corrected chi connectivity index (χ2v) is 8.15. The molecule has 5 heteroatoms. The number of phenolic OH excluding ortho intramolecular Hbond substituents is 1. The van der Waals surface area contributed by atoms with Gasteiger partial charge in [0.05, 0.1) is 0 Å². The average molecular weight is 340 g/mol. The molecule has 3 unspecified atom stereocenters. The highest BCUT2D eigenvalue weighted by Crippen LogP contribution is 2.67. The third-order valence-corrected chi connectivity index (χ3v) is 7.33. The molecule has 0 bridgehead atoms. The van der Waals surface area contributed by atoms with Crippen molar-refractivity contribution in [2.75, 3.05) is 0 Å². The molecule has 4 rings (SSSR count). The van der Waals surface area contributed by atoms with E-state index in [9.17, 15) is 23.4 Å². The first-order valence-corrected chi connectivity index (χ1v) is 8.78. The van der Waals surface area contributed by atoms with E-state index >= 15 is 0 Å². The fraction of sp³-hybridized carbons (Fsp3) is 0.684. The molecular formula is C19H23F3O2. The molecule has 24 heavy (non-hydrogen) atoms. The highest BCUT2D eigenvalue weighted by molar-refractivity contribution is 5.40. The maximum Gasteiger partial charge on any atom is 0.417 e. The average Bonchev–Trinajstić information content (AvgIpc) is 2.79. The summed E-state index contributed by atoms with van der Waals surface area (Å²) in [7, 11) is 0. The number of aromatic hydroxyl groups is 1. The number of aryl methyl sites for hydroxylation is 1. The van der Waals surface area contributed by atoms with Crippen molar-refractivity contribution in [2.45, 2.75) is 63.1 Å². The van der Waals surface area contributed by atoms with Gasteiger partial charge in [0.15, 0.2) is 5.60 Å². The third kappa shape index (κ3) is 1.94. The Morgan fingerprint density at radius 1 is 1.12 bits per heavy atom. The summed E-state index contributed by atoms with van der Waals surface area (Å²) in [4.78, 5) is 0. The Morgan fingerprint density at radius 3 is 2.58 bits per heavy atom. The van der Waals surface area contributed by atoms with Crippen LogP contribution in [0, 0.1) is 17.3 Å². The van der Waals surface area contributed by atoms with Crippen LogP contribution in [0.2, 0.25) is 0 Å². The van der Waals surface area contributed by atoms with Crippen LogP contribution in [0.3, 0.4) is 0 Å². The molecule has 0 aromatic heterocycles. The van der Waals surface area contributed by atoms with Crippen LogP contribution in [0.5, 0.6) is 5.75 Å². The van der Waals surface area contributed by atoms with Gasteiger partial charge in [-0.3, -0.25) is 0 Å². The summed E-state index contributed by atoms with van der Waals surface area (Å²) >= 11 is 0. The molecule has 1 aromatic carbocycles. The fourth-order valence-electron chi connectivity index (χ4n) is 6.05. The summed E-state index contributed by atoms with van der Waals surface area (Å²) < 4.78 is 40.8. The van der Waals surface area contributed by atoms with Gasteiger partial charge < -0.3 is 10.2 Å². The normalized spacial score (nSPS) is 41.5. The number of rotatable bonds is 0. The lowest BCUT2D eigenvalue weighted by Gasteiger charge is -2.53. The highest BCUT2D eigenvalue weighted by atomic mass is 19.4. The zero-order valence-corrected chi connectivity index (χ0v) is 13.7. The lowest BCUT2D eigenvalue weighted by molar-refractivity contribution is -0.300. The van der Waals surface area contributed by atoms with Crippen LogP contribution >= 0.6 is 0 Å². The number of hydrogen-bond acceptors (Lipinski definition) is 2. The first kappa shape index (κ1) is 16.2. The minimum Gasteiger partial charge on any atom is -0.508 e. The van der Waals surface area contributed by atoms with Gasteiger partial charge >= 0.3 is 6.18 Å². The van der Waals surface area contributed by atoms with Gasteiger partial charge in [-0.25, -0.2) is 0 Å². The number of alkyl halides is 3. The van der Waals surface area contributed by atoms with E-state index in [1.165, 1.54) is 5.56 Å². The Kier molecular flexibility index (Phi) is 3.32. The molecule has 2 saturated carbocycles. The van der Waals surface area contributed by atoms with E-state index in [2.05, 4.69) is 0 Å². The van der Waals surface area contributed by atoms with Crippen molar-refractivity contribution in [1.82, 2.24) is 0 Å². The largest absolute Gasteiger partial charge is 0.508 e. The van der Waals surface area contributed by atoms with Crippen molar-refractivity contribution >= 4 is 0 Å². The Bertz CT molecular complexity index is 671. The molecule has 1 aromatic rings. The predicted octanol–water partition coefficient (Wildman–Crippen LogP) is 4.54. The summed E-state index contributed by atoms with van der Waals surface area (Å²) in [5, 5.41) is 20.2. The smallest absolute Gasteiger partial charge is 0.417 e. The number of hydrogen-bond donors (Lipinski definition) is 2.